The Labute approximate surface area is 229 Å². The molecule has 0 unspecified atom stereocenters. The molecule has 0 saturated carbocycles. The van der Waals surface area contributed by atoms with E-state index < -0.39 is 24.4 Å². The lowest BCUT2D eigenvalue weighted by Crippen LogP contribution is -2.50. The maximum atomic E-state index is 13.5. The van der Waals surface area contributed by atoms with Crippen LogP contribution in [0.25, 0.3) is 33.5 Å². The third kappa shape index (κ3) is 5.78. The minimum absolute atomic E-state index is 0.198. The fourth-order valence-electron chi connectivity index (χ4n) is 5.24. The molecule has 4 aromatic rings. The Bertz CT molecular complexity index is 1580. The van der Waals surface area contributed by atoms with Crippen molar-refractivity contribution < 1.29 is 27.5 Å². The summed E-state index contributed by atoms with van der Waals surface area (Å²) in [6.07, 6.45) is -3.47. The Morgan fingerprint density at radius 1 is 1.07 bits per heavy atom. The van der Waals surface area contributed by atoms with E-state index in [9.17, 15) is 22.8 Å². The molecule has 0 spiro atoms. The number of alkyl carbamates (subject to hydrolysis) is 1. The largest absolute Gasteiger partial charge is 0.444 e. The standard InChI is InChI=1S/C29H32F3N5O3/c1-28(2,3)40-27(39)33-20-9-7-13-36(16-20)26(38)19-11-12-23-21(14-19)34-25(35(23)4)24-15-18-8-5-6-10-22(18)37(24)17-29(30,31)32/h5-6,8,10-12,14-15,20H,7,9,13,16-17H2,1-4H3,(H,33,39)/t20-/m1/s1. The number of ether oxygens (including phenoxy) is 1. The van der Waals surface area contributed by atoms with E-state index in [2.05, 4.69) is 10.3 Å². The summed E-state index contributed by atoms with van der Waals surface area (Å²) < 4.78 is 48.9. The Hall–Kier alpha value is -4.02. The summed E-state index contributed by atoms with van der Waals surface area (Å²) in [4.78, 5) is 32.0. The lowest BCUT2D eigenvalue weighted by atomic mass is 10.0. The number of carbonyl (C=O) groups is 2. The number of aromatic nitrogens is 3. The predicted octanol–water partition coefficient (Wildman–Crippen LogP) is 5.89. The number of hydrogen-bond donors (Lipinski definition) is 1. The average Bonchev–Trinajstić information content (AvgIpc) is 3.38. The number of hydrogen-bond acceptors (Lipinski definition) is 4. The molecule has 1 fully saturated rings. The monoisotopic (exact) mass is 555 g/mol. The van der Waals surface area contributed by atoms with Crippen molar-refractivity contribution in [3.63, 3.8) is 0 Å². The van der Waals surface area contributed by atoms with Crippen molar-refractivity contribution >= 4 is 33.9 Å². The van der Waals surface area contributed by atoms with Gasteiger partial charge >= 0.3 is 12.3 Å². The molecule has 1 aliphatic rings. The van der Waals surface area contributed by atoms with Gasteiger partial charge in [0.2, 0.25) is 0 Å². The maximum Gasteiger partial charge on any atom is 0.407 e. The van der Waals surface area contributed by atoms with Gasteiger partial charge in [-0.3, -0.25) is 4.79 Å². The van der Waals surface area contributed by atoms with Gasteiger partial charge in [-0.05, 0) is 63.9 Å². The summed E-state index contributed by atoms with van der Waals surface area (Å²) in [5.74, 6) is 0.177. The summed E-state index contributed by atoms with van der Waals surface area (Å²) in [6, 6.07) is 13.5. The number of amides is 2. The molecule has 2 aromatic carbocycles. The van der Waals surface area contributed by atoms with Gasteiger partial charge in [0.15, 0.2) is 5.82 Å². The third-order valence-corrected chi connectivity index (χ3v) is 6.93. The van der Waals surface area contributed by atoms with Crippen LogP contribution in [0.1, 0.15) is 44.0 Å². The number of para-hydroxylation sites is 1. The summed E-state index contributed by atoms with van der Waals surface area (Å²) in [5.41, 5.74) is 1.82. The van der Waals surface area contributed by atoms with Gasteiger partial charge in [-0.25, -0.2) is 9.78 Å². The average molecular weight is 556 g/mol. The highest BCUT2D eigenvalue weighted by Crippen LogP contribution is 2.33. The predicted molar refractivity (Wildman–Crippen MR) is 146 cm³/mol. The Morgan fingerprint density at radius 3 is 2.55 bits per heavy atom. The normalized spacial score (nSPS) is 16.5. The van der Waals surface area contributed by atoms with Crippen LogP contribution in [-0.2, 0) is 18.3 Å². The first-order valence-electron chi connectivity index (χ1n) is 13.2. The van der Waals surface area contributed by atoms with Gasteiger partial charge in [-0.1, -0.05) is 18.2 Å². The van der Waals surface area contributed by atoms with E-state index >= 15 is 0 Å². The van der Waals surface area contributed by atoms with Crippen molar-refractivity contribution in [1.82, 2.24) is 24.3 Å². The number of alkyl halides is 3. The second-order valence-corrected chi connectivity index (χ2v) is 11.2. The Morgan fingerprint density at radius 2 is 1.82 bits per heavy atom. The van der Waals surface area contributed by atoms with E-state index in [-0.39, 0.29) is 11.9 Å². The zero-order valence-corrected chi connectivity index (χ0v) is 22.9. The molecule has 40 heavy (non-hydrogen) atoms. The van der Waals surface area contributed by atoms with Crippen LogP contribution in [-0.4, -0.2) is 61.9 Å². The molecule has 1 N–H and O–H groups in total. The SMILES string of the molecule is Cn1c(-c2cc3ccccc3n2CC(F)(F)F)nc2cc(C(=O)N3CCC[C@@H](NC(=O)OC(C)(C)C)C3)ccc21. The fraction of sp³-hybridized carbons (Fsp3) is 0.414. The molecule has 1 aliphatic heterocycles. The minimum atomic E-state index is -4.41. The number of fused-ring (bicyclic) bond motifs is 2. The van der Waals surface area contributed by atoms with Crippen molar-refractivity contribution in [2.24, 2.45) is 7.05 Å². The number of piperidine rings is 1. The van der Waals surface area contributed by atoms with Crippen LogP contribution >= 0.6 is 0 Å². The molecule has 0 bridgehead atoms. The van der Waals surface area contributed by atoms with E-state index in [1.807, 2.05) is 0 Å². The molecule has 2 amide bonds. The summed E-state index contributed by atoms with van der Waals surface area (Å²) in [5, 5.41) is 3.53. The maximum absolute atomic E-state index is 13.5. The lowest BCUT2D eigenvalue weighted by Gasteiger charge is -2.33. The smallest absolute Gasteiger partial charge is 0.407 e. The highest BCUT2D eigenvalue weighted by molar-refractivity contribution is 5.98. The number of likely N-dealkylation sites (tertiary alicyclic amines) is 1. The van der Waals surface area contributed by atoms with Crippen molar-refractivity contribution in [3.8, 4) is 11.5 Å². The second kappa shape index (κ2) is 10.2. The molecule has 5 rings (SSSR count). The Kier molecular flexibility index (Phi) is 7.01. The summed E-state index contributed by atoms with van der Waals surface area (Å²) >= 11 is 0. The molecule has 0 radical (unpaired) electrons. The number of imidazole rings is 1. The number of benzene rings is 2. The fourth-order valence-corrected chi connectivity index (χ4v) is 5.24. The molecule has 11 heteroatoms. The van der Waals surface area contributed by atoms with E-state index in [0.717, 1.165) is 12.8 Å². The van der Waals surface area contributed by atoms with Crippen LogP contribution in [0.4, 0.5) is 18.0 Å². The second-order valence-electron chi connectivity index (χ2n) is 11.2. The summed E-state index contributed by atoms with van der Waals surface area (Å²) in [6.45, 7) is 5.13. The van der Waals surface area contributed by atoms with E-state index in [4.69, 9.17) is 4.74 Å². The zero-order chi connectivity index (χ0) is 28.8. The van der Waals surface area contributed by atoms with E-state index in [1.165, 1.54) is 4.57 Å². The number of rotatable bonds is 4. The van der Waals surface area contributed by atoms with Crippen molar-refractivity contribution in [3.05, 3.63) is 54.1 Å². The quantitative estimate of drug-likeness (QED) is 0.341. The molecule has 8 nitrogen and oxygen atoms in total. The first-order valence-corrected chi connectivity index (χ1v) is 13.2. The number of aryl methyl sites for hydroxylation is 1. The van der Waals surface area contributed by atoms with E-state index in [1.54, 1.807) is 85.8 Å². The molecule has 212 valence electrons. The van der Waals surface area contributed by atoms with Crippen molar-refractivity contribution in [2.45, 2.75) is 58.0 Å². The van der Waals surface area contributed by atoms with Crippen LogP contribution in [0, 0.1) is 0 Å². The van der Waals surface area contributed by atoms with Crippen molar-refractivity contribution in [1.29, 1.82) is 0 Å². The molecular formula is C29H32F3N5O3. The summed E-state index contributed by atoms with van der Waals surface area (Å²) in [7, 11) is 1.75. The Balaban J connectivity index is 1.42. The van der Waals surface area contributed by atoms with Gasteiger partial charge in [0.25, 0.3) is 5.91 Å². The van der Waals surface area contributed by atoms with Gasteiger partial charge in [0.1, 0.15) is 12.1 Å². The number of halogens is 3. The van der Waals surface area contributed by atoms with Crippen LogP contribution < -0.4 is 5.32 Å². The molecule has 1 atom stereocenters. The van der Waals surface area contributed by atoms with Crippen molar-refractivity contribution in [2.75, 3.05) is 13.1 Å². The number of nitrogens with zero attached hydrogens (tertiary/aromatic N) is 4. The van der Waals surface area contributed by atoms with Crippen LogP contribution in [0.2, 0.25) is 0 Å². The highest BCUT2D eigenvalue weighted by Gasteiger charge is 2.31. The molecule has 3 heterocycles. The molecule has 1 saturated heterocycles. The molecular weight excluding hydrogens is 523 g/mol. The van der Waals surface area contributed by atoms with Gasteiger partial charge in [-0.15, -0.1) is 0 Å². The topological polar surface area (TPSA) is 81.4 Å². The van der Waals surface area contributed by atoms with Crippen LogP contribution in [0.15, 0.2) is 48.5 Å². The molecule has 2 aromatic heterocycles. The zero-order valence-electron chi connectivity index (χ0n) is 22.9. The van der Waals surface area contributed by atoms with E-state index in [0.29, 0.717) is 52.1 Å². The van der Waals surface area contributed by atoms with Gasteiger partial charge in [0.05, 0.1) is 16.7 Å². The highest BCUT2D eigenvalue weighted by atomic mass is 19.4. The lowest BCUT2D eigenvalue weighted by molar-refractivity contribution is -0.139. The first-order chi connectivity index (χ1) is 18.8. The number of nitrogens with one attached hydrogen (secondary N) is 1. The minimum Gasteiger partial charge on any atom is -0.444 e. The molecule has 0 aliphatic carbocycles. The number of carbonyl (C=O) groups excluding carboxylic acids is 2. The van der Waals surface area contributed by atoms with Gasteiger partial charge in [-0.2, -0.15) is 13.2 Å². The first kappa shape index (κ1) is 27.5. The van der Waals surface area contributed by atoms with Crippen LogP contribution in [0.3, 0.4) is 0 Å². The van der Waals surface area contributed by atoms with Gasteiger partial charge in [0, 0.05) is 42.6 Å². The van der Waals surface area contributed by atoms with Crippen LogP contribution in [0.5, 0.6) is 0 Å². The third-order valence-electron chi connectivity index (χ3n) is 6.93. The van der Waals surface area contributed by atoms with Gasteiger partial charge < -0.3 is 24.1 Å².